The van der Waals surface area contributed by atoms with Crippen molar-refractivity contribution in [1.82, 2.24) is 9.88 Å². The summed E-state index contributed by atoms with van der Waals surface area (Å²) in [6.45, 7) is 4.23. The van der Waals surface area contributed by atoms with Crippen molar-refractivity contribution in [2.24, 2.45) is 0 Å². The molecule has 7 nitrogen and oxygen atoms in total. The Balaban J connectivity index is 1.30. The Hall–Kier alpha value is -3.39. The highest BCUT2D eigenvalue weighted by Gasteiger charge is 2.23. The number of hydrogen-bond acceptors (Lipinski definition) is 5. The van der Waals surface area contributed by atoms with Crippen LogP contribution >= 0.6 is 11.3 Å². The lowest BCUT2D eigenvalue weighted by atomic mass is 10.2. The highest BCUT2D eigenvalue weighted by molar-refractivity contribution is 7.14. The number of urea groups is 1. The van der Waals surface area contributed by atoms with E-state index in [1.54, 1.807) is 35.6 Å². The van der Waals surface area contributed by atoms with Crippen molar-refractivity contribution >= 4 is 39.8 Å². The van der Waals surface area contributed by atoms with E-state index in [4.69, 9.17) is 4.98 Å². The smallest absolute Gasteiger partial charge is 0.321 e. The third-order valence-electron chi connectivity index (χ3n) is 4.86. The summed E-state index contributed by atoms with van der Waals surface area (Å²) in [6.07, 6.45) is 0. The molecule has 0 bridgehead atoms. The Morgan fingerprint density at radius 3 is 2.17 bits per heavy atom. The van der Waals surface area contributed by atoms with E-state index in [1.807, 2.05) is 23.1 Å². The van der Waals surface area contributed by atoms with Crippen molar-refractivity contribution in [2.75, 3.05) is 41.7 Å². The SMILES string of the molecule is CC(=O)Nc1ccc(NC(=O)N2CCN(c3nc(-c4ccccc4)cs3)CC2)cc1. The molecule has 0 radical (unpaired) electrons. The van der Waals surface area contributed by atoms with E-state index < -0.39 is 0 Å². The molecule has 2 N–H and O–H groups in total. The van der Waals surface area contributed by atoms with E-state index in [0.29, 0.717) is 24.5 Å². The van der Waals surface area contributed by atoms with Crippen LogP contribution in [0.1, 0.15) is 6.92 Å². The van der Waals surface area contributed by atoms with Gasteiger partial charge in [0.15, 0.2) is 5.13 Å². The summed E-state index contributed by atoms with van der Waals surface area (Å²) in [5.74, 6) is -0.124. The van der Waals surface area contributed by atoms with Crippen LogP contribution in [-0.2, 0) is 4.79 Å². The fraction of sp³-hybridized carbons (Fsp3) is 0.227. The first-order valence-corrected chi connectivity index (χ1v) is 10.7. The van der Waals surface area contributed by atoms with Gasteiger partial charge in [0.25, 0.3) is 0 Å². The summed E-state index contributed by atoms with van der Waals surface area (Å²) >= 11 is 1.63. The van der Waals surface area contributed by atoms with Crippen LogP contribution in [0, 0.1) is 0 Å². The standard InChI is InChI=1S/C22H23N5O2S/c1-16(28)23-18-7-9-19(10-8-18)24-21(29)26-11-13-27(14-12-26)22-25-20(15-30-22)17-5-3-2-4-6-17/h2-10,15H,11-14H2,1H3,(H,23,28)(H,24,29). The van der Waals surface area contributed by atoms with E-state index in [9.17, 15) is 9.59 Å². The van der Waals surface area contributed by atoms with Gasteiger partial charge in [0.2, 0.25) is 5.91 Å². The maximum absolute atomic E-state index is 12.6. The number of piperazine rings is 1. The van der Waals surface area contributed by atoms with Gasteiger partial charge in [0.05, 0.1) is 5.69 Å². The molecule has 1 fully saturated rings. The number of anilines is 3. The van der Waals surface area contributed by atoms with Crippen molar-refractivity contribution in [2.45, 2.75) is 6.92 Å². The predicted molar refractivity (Wildman–Crippen MR) is 121 cm³/mol. The molecule has 8 heteroatoms. The van der Waals surface area contributed by atoms with Gasteiger partial charge in [-0.25, -0.2) is 9.78 Å². The lowest BCUT2D eigenvalue weighted by Crippen LogP contribution is -2.50. The summed E-state index contributed by atoms with van der Waals surface area (Å²) < 4.78 is 0. The maximum atomic E-state index is 12.6. The van der Waals surface area contributed by atoms with E-state index >= 15 is 0 Å². The number of benzene rings is 2. The van der Waals surface area contributed by atoms with Gasteiger partial charge in [0.1, 0.15) is 0 Å². The number of thiazole rings is 1. The number of nitrogens with zero attached hydrogens (tertiary/aromatic N) is 3. The zero-order valence-electron chi connectivity index (χ0n) is 16.7. The number of nitrogens with one attached hydrogen (secondary N) is 2. The minimum Gasteiger partial charge on any atom is -0.345 e. The van der Waals surface area contributed by atoms with Crippen molar-refractivity contribution in [3.63, 3.8) is 0 Å². The highest BCUT2D eigenvalue weighted by Crippen LogP contribution is 2.28. The van der Waals surface area contributed by atoms with Crippen LogP contribution in [0.5, 0.6) is 0 Å². The molecule has 1 aliphatic rings. The van der Waals surface area contributed by atoms with Crippen LogP contribution in [0.3, 0.4) is 0 Å². The minimum atomic E-state index is -0.124. The number of carbonyl (C=O) groups is 2. The number of hydrogen-bond donors (Lipinski definition) is 2. The van der Waals surface area contributed by atoms with Gasteiger partial charge in [-0.2, -0.15) is 0 Å². The Morgan fingerprint density at radius 1 is 0.900 bits per heavy atom. The van der Waals surface area contributed by atoms with Crippen molar-refractivity contribution in [1.29, 1.82) is 0 Å². The zero-order chi connectivity index (χ0) is 20.9. The molecule has 154 valence electrons. The molecule has 0 spiro atoms. The fourth-order valence-corrected chi connectivity index (χ4v) is 4.18. The first kappa shape index (κ1) is 19.9. The van der Waals surface area contributed by atoms with Gasteiger partial charge in [-0.15, -0.1) is 11.3 Å². The molecule has 0 saturated carbocycles. The average Bonchev–Trinajstić information content (AvgIpc) is 3.26. The Morgan fingerprint density at radius 2 is 1.53 bits per heavy atom. The Bertz CT molecular complexity index is 1010. The lowest BCUT2D eigenvalue weighted by molar-refractivity contribution is -0.114. The molecule has 3 amide bonds. The average molecular weight is 422 g/mol. The summed E-state index contributed by atoms with van der Waals surface area (Å²) in [4.78, 5) is 32.5. The number of aromatic nitrogens is 1. The van der Waals surface area contributed by atoms with Crippen molar-refractivity contribution in [3.8, 4) is 11.3 Å². The van der Waals surface area contributed by atoms with Crippen LogP contribution in [0.4, 0.5) is 21.3 Å². The molecular weight excluding hydrogens is 398 g/mol. The zero-order valence-corrected chi connectivity index (χ0v) is 17.5. The largest absolute Gasteiger partial charge is 0.345 e. The second-order valence-corrected chi connectivity index (χ2v) is 7.88. The molecule has 0 aliphatic carbocycles. The second kappa shape index (κ2) is 8.96. The second-order valence-electron chi connectivity index (χ2n) is 7.04. The molecule has 2 heterocycles. The molecule has 2 aromatic carbocycles. The maximum Gasteiger partial charge on any atom is 0.321 e. The number of carbonyl (C=O) groups excluding carboxylic acids is 2. The van der Waals surface area contributed by atoms with Crippen LogP contribution < -0.4 is 15.5 Å². The van der Waals surface area contributed by atoms with E-state index in [0.717, 1.165) is 29.5 Å². The molecule has 1 saturated heterocycles. The van der Waals surface area contributed by atoms with Gasteiger partial charge in [-0.05, 0) is 24.3 Å². The number of rotatable bonds is 4. The van der Waals surface area contributed by atoms with Crippen LogP contribution in [0.15, 0.2) is 60.0 Å². The molecule has 0 unspecified atom stereocenters. The molecule has 30 heavy (non-hydrogen) atoms. The summed E-state index contributed by atoms with van der Waals surface area (Å²) in [6, 6.07) is 17.1. The lowest BCUT2D eigenvalue weighted by Gasteiger charge is -2.34. The van der Waals surface area contributed by atoms with Gasteiger partial charge in [-0.3, -0.25) is 4.79 Å². The van der Waals surface area contributed by atoms with E-state index in [1.165, 1.54) is 6.92 Å². The highest BCUT2D eigenvalue weighted by atomic mass is 32.1. The van der Waals surface area contributed by atoms with Crippen LogP contribution in [0.25, 0.3) is 11.3 Å². The molecule has 3 aromatic rings. The van der Waals surface area contributed by atoms with Gasteiger partial charge < -0.3 is 20.4 Å². The molecule has 4 rings (SSSR count). The molecule has 1 aliphatic heterocycles. The number of amides is 3. The molecule has 1 aromatic heterocycles. The van der Waals surface area contributed by atoms with Gasteiger partial charge in [-0.1, -0.05) is 30.3 Å². The third kappa shape index (κ3) is 4.77. The molecular formula is C22H23N5O2S. The third-order valence-corrected chi connectivity index (χ3v) is 5.76. The fourth-order valence-electron chi connectivity index (χ4n) is 3.29. The Kier molecular flexibility index (Phi) is 5.94. The van der Waals surface area contributed by atoms with Crippen molar-refractivity contribution in [3.05, 3.63) is 60.0 Å². The van der Waals surface area contributed by atoms with Crippen LogP contribution in [0.2, 0.25) is 0 Å². The minimum absolute atomic E-state index is 0.119. The van der Waals surface area contributed by atoms with Gasteiger partial charge in [0, 0.05) is 55.4 Å². The van der Waals surface area contributed by atoms with Crippen LogP contribution in [-0.4, -0.2) is 48.0 Å². The van der Waals surface area contributed by atoms with E-state index in [-0.39, 0.29) is 11.9 Å². The summed E-state index contributed by atoms with van der Waals surface area (Å²) in [5.41, 5.74) is 3.50. The summed E-state index contributed by atoms with van der Waals surface area (Å²) in [7, 11) is 0. The van der Waals surface area contributed by atoms with Crippen molar-refractivity contribution < 1.29 is 9.59 Å². The summed E-state index contributed by atoms with van der Waals surface area (Å²) in [5, 5.41) is 8.69. The topological polar surface area (TPSA) is 77.6 Å². The first-order chi connectivity index (χ1) is 14.6. The first-order valence-electron chi connectivity index (χ1n) is 9.78. The van der Waals surface area contributed by atoms with Gasteiger partial charge >= 0.3 is 6.03 Å². The Labute approximate surface area is 179 Å². The predicted octanol–water partition coefficient (Wildman–Crippen LogP) is 4.12. The normalized spacial score (nSPS) is 13.8. The quantitative estimate of drug-likeness (QED) is 0.664. The monoisotopic (exact) mass is 421 g/mol. The van der Waals surface area contributed by atoms with E-state index in [2.05, 4.69) is 33.0 Å². The molecule has 0 atom stereocenters.